The Bertz CT molecular complexity index is 308. The fourth-order valence-corrected chi connectivity index (χ4v) is 0.889. The van der Waals surface area contributed by atoms with Gasteiger partial charge in [-0.15, -0.1) is 0 Å². The molecule has 0 saturated carbocycles. The summed E-state index contributed by atoms with van der Waals surface area (Å²) in [7, 11) is 0. The Morgan fingerprint density at radius 3 is 2.43 bits per heavy atom. The fourth-order valence-electron chi connectivity index (χ4n) is 0.889. The second kappa shape index (κ2) is 4.68. The zero-order valence-electron chi connectivity index (χ0n) is 7.14. The van der Waals surface area contributed by atoms with E-state index in [-0.39, 0.29) is 12.2 Å². The molecule has 0 saturated heterocycles. The van der Waals surface area contributed by atoms with Crippen molar-refractivity contribution in [1.29, 1.82) is 0 Å². The number of carboxylic acids is 1. The number of nitrogens with one attached hydrogen (secondary N) is 1. The lowest BCUT2D eigenvalue weighted by molar-refractivity contribution is -1.21. The van der Waals surface area contributed by atoms with E-state index in [0.717, 1.165) is 0 Å². The van der Waals surface area contributed by atoms with Crippen LogP contribution in [-0.2, 0) is 11.4 Å². The van der Waals surface area contributed by atoms with Crippen LogP contribution in [0.25, 0.3) is 0 Å². The SMILES string of the molecule is O=C(O)c1ccc(CO[NH+]([O-])O)cc1. The maximum atomic E-state index is 10.5. The van der Waals surface area contributed by atoms with Crippen molar-refractivity contribution in [3.05, 3.63) is 40.6 Å². The maximum Gasteiger partial charge on any atom is 0.335 e. The molecule has 6 nitrogen and oxygen atoms in total. The summed E-state index contributed by atoms with van der Waals surface area (Å²) in [5.74, 6) is -1.02. The van der Waals surface area contributed by atoms with Crippen LogP contribution >= 0.6 is 0 Å². The monoisotopic (exact) mass is 199 g/mol. The summed E-state index contributed by atoms with van der Waals surface area (Å²) in [5, 5.41) is 25.4. The third kappa shape index (κ3) is 3.11. The van der Waals surface area contributed by atoms with Gasteiger partial charge < -0.3 is 10.3 Å². The highest BCUT2D eigenvalue weighted by Crippen LogP contribution is 2.04. The van der Waals surface area contributed by atoms with Gasteiger partial charge in [0.15, 0.2) is 0 Å². The molecule has 6 heteroatoms. The van der Waals surface area contributed by atoms with Crippen LogP contribution in [0.1, 0.15) is 15.9 Å². The highest BCUT2D eigenvalue weighted by molar-refractivity contribution is 5.87. The van der Waals surface area contributed by atoms with Gasteiger partial charge in [0.1, 0.15) is 6.61 Å². The number of hydrogen-bond acceptors (Lipinski definition) is 4. The quantitative estimate of drug-likeness (QED) is 0.573. The Morgan fingerprint density at radius 2 is 2.00 bits per heavy atom. The minimum atomic E-state index is -1.35. The molecule has 14 heavy (non-hydrogen) atoms. The molecule has 1 aromatic rings. The van der Waals surface area contributed by atoms with Gasteiger partial charge in [-0.25, -0.2) is 4.79 Å². The third-order valence-electron chi connectivity index (χ3n) is 1.56. The predicted molar refractivity (Wildman–Crippen MR) is 44.3 cm³/mol. The number of carboxylic acid groups (broad SMARTS) is 1. The summed E-state index contributed by atoms with van der Waals surface area (Å²) in [5.41, 5.74) is 0.765. The Morgan fingerprint density at radius 1 is 1.43 bits per heavy atom. The molecule has 0 aliphatic carbocycles. The van der Waals surface area contributed by atoms with Crippen molar-refractivity contribution in [1.82, 2.24) is 0 Å². The van der Waals surface area contributed by atoms with Gasteiger partial charge in [0, 0.05) is 0 Å². The molecule has 0 radical (unpaired) electrons. The first-order valence-electron chi connectivity index (χ1n) is 3.77. The van der Waals surface area contributed by atoms with Crippen molar-refractivity contribution in [2.24, 2.45) is 0 Å². The smallest absolute Gasteiger partial charge is 0.335 e. The summed E-state index contributed by atoms with van der Waals surface area (Å²) in [6, 6.07) is 5.80. The minimum absolute atomic E-state index is 0.0742. The molecule has 0 aromatic heterocycles. The topological polar surface area (TPSA) is 94.3 Å². The number of quaternary nitrogens is 1. The number of rotatable bonds is 4. The van der Waals surface area contributed by atoms with Gasteiger partial charge >= 0.3 is 5.97 Å². The predicted octanol–water partition coefficient (Wildman–Crippen LogP) is -0.412. The zero-order chi connectivity index (χ0) is 10.6. The van der Waals surface area contributed by atoms with Crippen LogP contribution in [0, 0.1) is 5.21 Å². The van der Waals surface area contributed by atoms with Gasteiger partial charge in [-0.3, -0.25) is 0 Å². The highest BCUT2D eigenvalue weighted by atomic mass is 17.1. The third-order valence-corrected chi connectivity index (χ3v) is 1.56. The molecule has 1 aromatic carbocycles. The molecule has 0 fully saturated rings. The van der Waals surface area contributed by atoms with E-state index in [1.165, 1.54) is 24.3 Å². The van der Waals surface area contributed by atoms with Gasteiger partial charge in [0.2, 0.25) is 0 Å². The zero-order valence-corrected chi connectivity index (χ0v) is 7.14. The number of hydrogen-bond donors (Lipinski definition) is 3. The van der Waals surface area contributed by atoms with E-state index in [0.29, 0.717) is 5.56 Å². The molecule has 3 N–H and O–H groups in total. The molecule has 0 aliphatic rings. The molecule has 0 bridgehead atoms. The van der Waals surface area contributed by atoms with Crippen LogP contribution in [0.2, 0.25) is 0 Å². The van der Waals surface area contributed by atoms with Crippen molar-refractivity contribution in [3.63, 3.8) is 0 Å². The van der Waals surface area contributed by atoms with Crippen LogP contribution in [0.5, 0.6) is 0 Å². The molecular formula is C8H9NO5. The summed E-state index contributed by atoms with van der Waals surface area (Å²) < 4.78 is 0. The minimum Gasteiger partial charge on any atom is -0.566 e. The molecule has 0 aliphatic heterocycles. The van der Waals surface area contributed by atoms with Gasteiger partial charge in [0.05, 0.1) is 5.56 Å². The lowest BCUT2D eigenvalue weighted by Gasteiger charge is -2.09. The average molecular weight is 199 g/mol. The fraction of sp³-hybridized carbons (Fsp3) is 0.125. The van der Waals surface area contributed by atoms with E-state index in [2.05, 4.69) is 4.84 Å². The Kier molecular flexibility index (Phi) is 3.55. The van der Waals surface area contributed by atoms with Crippen molar-refractivity contribution < 1.29 is 25.3 Å². The van der Waals surface area contributed by atoms with Crippen LogP contribution < -0.4 is 5.39 Å². The Balaban J connectivity index is 2.60. The Labute approximate surface area is 79.4 Å². The van der Waals surface area contributed by atoms with Crippen LogP contribution in [0.15, 0.2) is 24.3 Å². The molecule has 1 atom stereocenters. The normalized spacial score (nSPS) is 12.4. The van der Waals surface area contributed by atoms with Crippen LogP contribution in [0.4, 0.5) is 0 Å². The van der Waals surface area contributed by atoms with Crippen molar-refractivity contribution in [2.75, 3.05) is 0 Å². The van der Waals surface area contributed by atoms with Crippen molar-refractivity contribution in [2.45, 2.75) is 6.61 Å². The largest absolute Gasteiger partial charge is 0.566 e. The first kappa shape index (κ1) is 10.6. The summed E-state index contributed by atoms with van der Waals surface area (Å²) in [6.07, 6.45) is 0. The van der Waals surface area contributed by atoms with E-state index in [1.54, 1.807) is 0 Å². The molecule has 1 rings (SSSR count). The average Bonchev–Trinajstić information content (AvgIpc) is 2.15. The summed E-state index contributed by atoms with van der Waals surface area (Å²) in [4.78, 5) is 14.8. The number of carbonyl (C=O) groups is 1. The van der Waals surface area contributed by atoms with Crippen molar-refractivity contribution >= 4 is 5.97 Å². The summed E-state index contributed by atoms with van der Waals surface area (Å²) >= 11 is 0. The Hall–Kier alpha value is -1.47. The second-order valence-electron chi connectivity index (χ2n) is 2.56. The van der Waals surface area contributed by atoms with Gasteiger partial charge in [-0.2, -0.15) is 10.0 Å². The molecular weight excluding hydrogens is 190 g/mol. The second-order valence-corrected chi connectivity index (χ2v) is 2.56. The first-order valence-corrected chi connectivity index (χ1v) is 3.77. The molecule has 0 amide bonds. The standard InChI is InChI=1S/C8H9NO5/c10-8(11)7-3-1-6(2-4-7)5-14-9(12)13/h1-4,9,12H,5H2,(H,10,11). The number of aromatic carboxylic acids is 1. The van der Waals surface area contributed by atoms with E-state index in [1.807, 2.05) is 0 Å². The van der Waals surface area contributed by atoms with E-state index >= 15 is 0 Å². The first-order chi connectivity index (χ1) is 6.59. The molecule has 0 heterocycles. The lowest BCUT2D eigenvalue weighted by Crippen LogP contribution is -3.03. The van der Waals surface area contributed by atoms with Gasteiger partial charge in [-0.05, 0) is 17.7 Å². The van der Waals surface area contributed by atoms with E-state index in [4.69, 9.17) is 10.3 Å². The van der Waals surface area contributed by atoms with Gasteiger partial charge in [-0.1, -0.05) is 17.5 Å². The molecule has 1 unspecified atom stereocenters. The van der Waals surface area contributed by atoms with Crippen LogP contribution in [0.3, 0.4) is 0 Å². The van der Waals surface area contributed by atoms with Crippen LogP contribution in [-0.4, -0.2) is 16.3 Å². The summed E-state index contributed by atoms with van der Waals surface area (Å²) in [6.45, 7) is -0.0742. The van der Waals surface area contributed by atoms with E-state index < -0.39 is 11.4 Å². The molecule has 0 spiro atoms. The lowest BCUT2D eigenvalue weighted by atomic mass is 10.1. The van der Waals surface area contributed by atoms with E-state index in [9.17, 15) is 10.0 Å². The highest BCUT2D eigenvalue weighted by Gasteiger charge is 2.02. The van der Waals surface area contributed by atoms with Gasteiger partial charge in [0.25, 0.3) is 0 Å². The number of benzene rings is 1. The molecule has 76 valence electrons. The maximum absolute atomic E-state index is 10.5. The van der Waals surface area contributed by atoms with Crippen molar-refractivity contribution in [3.8, 4) is 0 Å².